The molecule has 0 unspecified atom stereocenters. The van der Waals surface area contributed by atoms with E-state index in [2.05, 4.69) is 32.8 Å². The maximum absolute atomic E-state index is 12.4. The molecule has 0 spiro atoms. The van der Waals surface area contributed by atoms with Crippen LogP contribution in [0.3, 0.4) is 0 Å². The van der Waals surface area contributed by atoms with E-state index in [1.54, 1.807) is 12.1 Å². The third-order valence-electron chi connectivity index (χ3n) is 5.48. The molecular formula is C24H29F2N3O3. The van der Waals surface area contributed by atoms with Crippen molar-refractivity contribution in [2.75, 3.05) is 50.1 Å². The van der Waals surface area contributed by atoms with Gasteiger partial charge in [0.2, 0.25) is 5.91 Å². The van der Waals surface area contributed by atoms with Crippen molar-refractivity contribution in [1.29, 1.82) is 0 Å². The van der Waals surface area contributed by atoms with Crippen molar-refractivity contribution in [3.63, 3.8) is 0 Å². The van der Waals surface area contributed by atoms with Gasteiger partial charge in [0.25, 0.3) is 0 Å². The molecule has 1 saturated heterocycles. The second kappa shape index (κ2) is 10.9. The normalized spacial score (nSPS) is 14.8. The number of alkyl halides is 2. The number of halogens is 2. The lowest BCUT2D eigenvalue weighted by Gasteiger charge is -2.35. The minimum Gasteiger partial charge on any atom is -0.493 e. The molecule has 0 saturated carbocycles. The summed E-state index contributed by atoms with van der Waals surface area (Å²) in [6.45, 7) is 6.38. The summed E-state index contributed by atoms with van der Waals surface area (Å²) >= 11 is 0. The number of hydrogen-bond acceptors (Lipinski definition) is 5. The number of carbonyl (C=O) groups is 1. The van der Waals surface area contributed by atoms with Gasteiger partial charge < -0.3 is 24.6 Å². The molecule has 8 heteroatoms. The zero-order valence-corrected chi connectivity index (χ0v) is 18.6. The van der Waals surface area contributed by atoms with Gasteiger partial charge in [-0.2, -0.15) is 8.78 Å². The first-order chi connectivity index (χ1) is 15.4. The van der Waals surface area contributed by atoms with Gasteiger partial charge in [-0.3, -0.25) is 4.79 Å². The number of methoxy groups -OCH3 is 1. The Labute approximate surface area is 187 Å². The lowest BCUT2D eigenvalue weighted by Crippen LogP contribution is -2.46. The maximum atomic E-state index is 12.4. The molecular weight excluding hydrogens is 416 g/mol. The van der Waals surface area contributed by atoms with E-state index in [0.717, 1.165) is 49.7 Å². The van der Waals surface area contributed by atoms with Crippen LogP contribution in [0.25, 0.3) is 6.08 Å². The van der Waals surface area contributed by atoms with Crippen LogP contribution in [0.4, 0.5) is 20.2 Å². The molecule has 0 aromatic heterocycles. The Morgan fingerprint density at radius 3 is 2.50 bits per heavy atom. The van der Waals surface area contributed by atoms with Gasteiger partial charge in [-0.1, -0.05) is 13.0 Å². The highest BCUT2D eigenvalue weighted by Gasteiger charge is 2.16. The molecule has 1 amide bonds. The second-order valence-electron chi connectivity index (χ2n) is 7.53. The predicted octanol–water partition coefficient (Wildman–Crippen LogP) is 4.40. The van der Waals surface area contributed by atoms with Crippen molar-refractivity contribution >= 4 is 23.4 Å². The number of hydrogen-bond donors (Lipinski definition) is 1. The Hall–Kier alpha value is -3.13. The summed E-state index contributed by atoms with van der Waals surface area (Å²) < 4.78 is 34.4. The monoisotopic (exact) mass is 445 g/mol. The Morgan fingerprint density at radius 2 is 1.88 bits per heavy atom. The Kier molecular flexibility index (Phi) is 8.05. The lowest BCUT2D eigenvalue weighted by atomic mass is 10.1. The van der Waals surface area contributed by atoms with Gasteiger partial charge in [0.05, 0.1) is 7.11 Å². The van der Waals surface area contributed by atoms with Gasteiger partial charge in [-0.15, -0.1) is 0 Å². The number of nitrogens with zero attached hydrogens (tertiary/aromatic N) is 2. The highest BCUT2D eigenvalue weighted by atomic mass is 19.3. The molecule has 32 heavy (non-hydrogen) atoms. The molecule has 1 heterocycles. The first kappa shape index (κ1) is 23.5. The third-order valence-corrected chi connectivity index (χ3v) is 5.48. The first-order valence-corrected chi connectivity index (χ1v) is 10.6. The number of carbonyl (C=O) groups excluding carboxylic acids is 1. The highest BCUT2D eigenvalue weighted by Crippen LogP contribution is 2.30. The van der Waals surface area contributed by atoms with E-state index in [0.29, 0.717) is 5.56 Å². The van der Waals surface area contributed by atoms with Crippen molar-refractivity contribution in [1.82, 2.24) is 4.90 Å². The zero-order chi connectivity index (χ0) is 23.1. The minimum absolute atomic E-state index is 0.0593. The highest BCUT2D eigenvalue weighted by molar-refractivity contribution is 6.02. The van der Waals surface area contributed by atoms with Crippen molar-refractivity contribution in [3.8, 4) is 11.5 Å². The topological polar surface area (TPSA) is 54.0 Å². The summed E-state index contributed by atoms with van der Waals surface area (Å²) in [7, 11) is 1.37. The molecule has 0 aliphatic carbocycles. The van der Waals surface area contributed by atoms with E-state index in [9.17, 15) is 13.6 Å². The summed E-state index contributed by atoms with van der Waals surface area (Å²) in [6.07, 6.45) is 2.97. The minimum atomic E-state index is -2.94. The van der Waals surface area contributed by atoms with E-state index in [-0.39, 0.29) is 17.4 Å². The number of ether oxygens (including phenoxy) is 2. The molecule has 6 nitrogen and oxygen atoms in total. The Balaban J connectivity index is 1.61. The van der Waals surface area contributed by atoms with Crippen LogP contribution in [0, 0.1) is 6.92 Å². The average Bonchev–Trinajstić information content (AvgIpc) is 2.79. The van der Waals surface area contributed by atoms with Gasteiger partial charge in [-0.25, -0.2) is 0 Å². The third kappa shape index (κ3) is 6.20. The Bertz CT molecular complexity index is 958. The van der Waals surface area contributed by atoms with Crippen LogP contribution < -0.4 is 19.7 Å². The molecule has 0 bridgehead atoms. The van der Waals surface area contributed by atoms with Crippen molar-refractivity contribution in [3.05, 3.63) is 53.6 Å². The SMILES string of the molecule is CCN1CCN(c2ccc(NC(=O)/C=C/c3ccc(OC(F)F)c(OC)c3)c(C)c2)CC1. The number of nitrogens with one attached hydrogen (secondary N) is 1. The molecule has 3 rings (SSSR count). The number of rotatable bonds is 8. The summed E-state index contributed by atoms with van der Waals surface area (Å²) in [6, 6.07) is 10.5. The molecule has 1 aliphatic heterocycles. The Morgan fingerprint density at radius 1 is 1.12 bits per heavy atom. The molecule has 1 fully saturated rings. The van der Waals surface area contributed by atoms with Crippen molar-refractivity contribution < 1.29 is 23.0 Å². The van der Waals surface area contributed by atoms with Crippen molar-refractivity contribution in [2.45, 2.75) is 20.5 Å². The number of piperazine rings is 1. The standard InChI is InChI=1S/C24H29F2N3O3/c1-4-28-11-13-29(14-12-28)19-7-8-20(17(2)15-19)27-23(30)10-6-18-5-9-21(32-24(25)26)22(16-18)31-3/h5-10,15-16,24H,4,11-14H2,1-3H3,(H,27,30)/b10-6+. The van der Waals surface area contributed by atoms with Gasteiger partial charge in [-0.05, 0) is 61.0 Å². The van der Waals surface area contributed by atoms with Crippen LogP contribution in [0.1, 0.15) is 18.1 Å². The average molecular weight is 446 g/mol. The molecule has 1 aliphatic rings. The fourth-order valence-corrected chi connectivity index (χ4v) is 3.63. The number of anilines is 2. The van der Waals surface area contributed by atoms with E-state index < -0.39 is 6.61 Å². The number of aryl methyl sites for hydroxylation is 1. The second-order valence-corrected chi connectivity index (χ2v) is 7.53. The van der Waals surface area contributed by atoms with Crippen LogP contribution in [0.2, 0.25) is 0 Å². The van der Waals surface area contributed by atoms with E-state index in [4.69, 9.17) is 4.74 Å². The van der Waals surface area contributed by atoms with E-state index >= 15 is 0 Å². The van der Waals surface area contributed by atoms with Gasteiger partial charge in [0, 0.05) is 43.6 Å². The molecule has 0 atom stereocenters. The van der Waals surface area contributed by atoms with E-state index in [1.807, 2.05) is 19.1 Å². The fraction of sp³-hybridized carbons (Fsp3) is 0.375. The fourth-order valence-electron chi connectivity index (χ4n) is 3.63. The number of benzene rings is 2. The van der Waals surface area contributed by atoms with E-state index in [1.165, 1.54) is 25.3 Å². The van der Waals surface area contributed by atoms with Crippen molar-refractivity contribution in [2.24, 2.45) is 0 Å². The summed E-state index contributed by atoms with van der Waals surface area (Å²) in [5.74, 6) is -0.181. The quantitative estimate of drug-likeness (QED) is 0.611. The summed E-state index contributed by atoms with van der Waals surface area (Å²) in [5, 5.41) is 2.89. The molecule has 172 valence electrons. The number of likely N-dealkylation sites (N-methyl/N-ethyl adjacent to an activating group) is 1. The van der Waals surface area contributed by atoms with Gasteiger partial charge >= 0.3 is 6.61 Å². The largest absolute Gasteiger partial charge is 0.493 e. The van der Waals surface area contributed by atoms with Crippen LogP contribution in [0.15, 0.2) is 42.5 Å². The first-order valence-electron chi connectivity index (χ1n) is 10.6. The summed E-state index contributed by atoms with van der Waals surface area (Å²) in [5.41, 5.74) is 3.51. The van der Waals surface area contributed by atoms with Crippen LogP contribution in [-0.2, 0) is 4.79 Å². The molecule has 1 N–H and O–H groups in total. The van der Waals surface area contributed by atoms with Crippen LogP contribution in [-0.4, -0.2) is 57.3 Å². The molecule has 2 aromatic rings. The zero-order valence-electron chi connectivity index (χ0n) is 18.6. The maximum Gasteiger partial charge on any atom is 0.387 e. The van der Waals surface area contributed by atoms with Crippen LogP contribution >= 0.6 is 0 Å². The van der Waals surface area contributed by atoms with Gasteiger partial charge in [0.1, 0.15) is 0 Å². The van der Waals surface area contributed by atoms with Crippen LogP contribution in [0.5, 0.6) is 11.5 Å². The molecule has 0 radical (unpaired) electrons. The number of amides is 1. The predicted molar refractivity (Wildman–Crippen MR) is 123 cm³/mol. The van der Waals surface area contributed by atoms with Gasteiger partial charge in [0.15, 0.2) is 11.5 Å². The smallest absolute Gasteiger partial charge is 0.387 e. The summed E-state index contributed by atoms with van der Waals surface area (Å²) in [4.78, 5) is 17.2. The molecule has 2 aromatic carbocycles. The lowest BCUT2D eigenvalue weighted by molar-refractivity contribution is -0.111.